The molecule has 1 unspecified atom stereocenters. The highest BCUT2D eigenvalue weighted by atomic mass is 79.9. The monoisotopic (exact) mass is 328 g/mol. The van der Waals surface area contributed by atoms with Crippen molar-refractivity contribution in [2.75, 3.05) is 0 Å². The zero-order valence-corrected chi connectivity index (χ0v) is 11.7. The first-order valence-corrected chi connectivity index (χ1v) is 6.53. The molecule has 5 heteroatoms. The molecule has 0 aliphatic rings. The topological polar surface area (TPSA) is 38.9 Å². The van der Waals surface area contributed by atoms with Gasteiger partial charge in [-0.1, -0.05) is 17.7 Å². The summed E-state index contributed by atoms with van der Waals surface area (Å²) in [7, 11) is 0. The van der Waals surface area contributed by atoms with Crippen LogP contribution in [0.2, 0.25) is 5.02 Å². The van der Waals surface area contributed by atoms with Crippen LogP contribution in [-0.4, -0.2) is 4.98 Å². The number of halogens is 3. The summed E-state index contributed by atoms with van der Waals surface area (Å²) in [6, 6.07) is 5.92. The predicted octanol–water partition coefficient (Wildman–Crippen LogP) is 3.88. The minimum absolute atomic E-state index is 0.283. The Morgan fingerprint density at radius 2 is 2.11 bits per heavy atom. The van der Waals surface area contributed by atoms with Gasteiger partial charge in [0.25, 0.3) is 0 Å². The fourth-order valence-corrected chi connectivity index (χ4v) is 2.45. The number of aromatic nitrogens is 1. The van der Waals surface area contributed by atoms with Crippen LogP contribution in [0.25, 0.3) is 0 Å². The van der Waals surface area contributed by atoms with Crippen LogP contribution in [0.15, 0.2) is 41.1 Å². The van der Waals surface area contributed by atoms with Gasteiger partial charge in [-0.2, -0.15) is 0 Å². The lowest BCUT2D eigenvalue weighted by Gasteiger charge is -2.13. The van der Waals surface area contributed by atoms with Gasteiger partial charge in [0.2, 0.25) is 0 Å². The number of nitrogens with two attached hydrogens (primary N) is 1. The highest BCUT2D eigenvalue weighted by Gasteiger charge is 2.12. The minimum atomic E-state index is -0.361. The van der Waals surface area contributed by atoms with E-state index < -0.39 is 0 Å². The molecule has 1 heterocycles. The molecule has 0 aliphatic carbocycles. The van der Waals surface area contributed by atoms with Gasteiger partial charge in [0.1, 0.15) is 5.82 Å². The summed E-state index contributed by atoms with van der Waals surface area (Å²) < 4.78 is 13.8. The molecule has 0 saturated heterocycles. The van der Waals surface area contributed by atoms with Crippen molar-refractivity contribution >= 4 is 27.5 Å². The number of nitrogens with zero attached hydrogens (tertiary/aromatic N) is 1. The maximum absolute atomic E-state index is 12.9. The van der Waals surface area contributed by atoms with Gasteiger partial charge in [0.15, 0.2) is 0 Å². The quantitative estimate of drug-likeness (QED) is 0.928. The number of pyridine rings is 1. The third kappa shape index (κ3) is 3.28. The molecule has 1 aromatic heterocycles. The standard InChI is InChI=1S/C13H11BrClFN2/c14-9-3-8(6-18-7-9)4-13(17)11-2-1-10(16)5-12(11)15/h1-3,5-7,13H,4,17H2. The van der Waals surface area contributed by atoms with Crippen molar-refractivity contribution in [1.29, 1.82) is 0 Å². The molecule has 0 spiro atoms. The van der Waals surface area contributed by atoms with E-state index >= 15 is 0 Å². The largest absolute Gasteiger partial charge is 0.324 e. The molecular formula is C13H11BrClFN2. The van der Waals surface area contributed by atoms with Crippen molar-refractivity contribution in [3.63, 3.8) is 0 Å². The van der Waals surface area contributed by atoms with Crippen LogP contribution in [0, 0.1) is 5.82 Å². The van der Waals surface area contributed by atoms with Crippen LogP contribution in [0.4, 0.5) is 4.39 Å². The van der Waals surface area contributed by atoms with Crippen LogP contribution in [0.3, 0.4) is 0 Å². The SMILES string of the molecule is NC(Cc1cncc(Br)c1)c1ccc(F)cc1Cl. The first-order valence-electron chi connectivity index (χ1n) is 5.36. The van der Waals surface area contributed by atoms with Gasteiger partial charge in [-0.3, -0.25) is 4.98 Å². The van der Waals surface area contributed by atoms with Crippen molar-refractivity contribution in [3.8, 4) is 0 Å². The molecule has 1 aromatic carbocycles. The Balaban J connectivity index is 2.19. The smallest absolute Gasteiger partial charge is 0.124 e. The van der Waals surface area contributed by atoms with Gasteiger partial charge in [-0.25, -0.2) is 4.39 Å². The Labute approximate surface area is 118 Å². The Hall–Kier alpha value is -0.970. The fraction of sp³-hybridized carbons (Fsp3) is 0.154. The maximum atomic E-state index is 12.9. The van der Waals surface area contributed by atoms with Crippen LogP contribution >= 0.6 is 27.5 Å². The second-order valence-electron chi connectivity index (χ2n) is 3.99. The Bertz CT molecular complexity index is 562. The molecule has 94 valence electrons. The lowest BCUT2D eigenvalue weighted by atomic mass is 10.0. The molecule has 0 fully saturated rings. The van der Waals surface area contributed by atoms with Crippen molar-refractivity contribution < 1.29 is 4.39 Å². The summed E-state index contributed by atoms with van der Waals surface area (Å²) in [5.74, 6) is -0.361. The van der Waals surface area contributed by atoms with Crippen LogP contribution < -0.4 is 5.73 Å². The molecule has 2 N–H and O–H groups in total. The molecular weight excluding hydrogens is 319 g/mol. The van der Waals surface area contributed by atoms with E-state index in [2.05, 4.69) is 20.9 Å². The molecule has 1 atom stereocenters. The van der Waals surface area contributed by atoms with E-state index in [1.165, 1.54) is 12.1 Å². The van der Waals surface area contributed by atoms with Crippen molar-refractivity contribution in [2.45, 2.75) is 12.5 Å². The van der Waals surface area contributed by atoms with E-state index in [0.717, 1.165) is 15.6 Å². The predicted molar refractivity (Wildman–Crippen MR) is 74.0 cm³/mol. The second-order valence-corrected chi connectivity index (χ2v) is 5.31. The summed E-state index contributed by atoms with van der Waals surface area (Å²) in [6.07, 6.45) is 4.06. The number of rotatable bonds is 3. The Kier molecular flexibility index (Phi) is 4.32. The molecule has 0 aliphatic heterocycles. The first kappa shape index (κ1) is 13.5. The van der Waals surface area contributed by atoms with Crippen LogP contribution in [0.1, 0.15) is 17.2 Å². The Morgan fingerprint density at radius 3 is 2.78 bits per heavy atom. The summed E-state index contributed by atoms with van der Waals surface area (Å²) >= 11 is 9.33. The van der Waals surface area contributed by atoms with Crippen molar-refractivity contribution in [1.82, 2.24) is 4.98 Å². The highest BCUT2D eigenvalue weighted by molar-refractivity contribution is 9.10. The molecule has 2 aromatic rings. The molecule has 0 amide bonds. The fourth-order valence-electron chi connectivity index (χ4n) is 1.73. The molecule has 18 heavy (non-hydrogen) atoms. The molecule has 0 bridgehead atoms. The van der Waals surface area contributed by atoms with Crippen molar-refractivity contribution in [3.05, 3.63) is 63.1 Å². The van der Waals surface area contributed by atoms with E-state index in [1.807, 2.05) is 6.07 Å². The van der Waals surface area contributed by atoms with Crippen LogP contribution in [0.5, 0.6) is 0 Å². The zero-order valence-electron chi connectivity index (χ0n) is 9.41. The summed E-state index contributed by atoms with van der Waals surface area (Å²) in [5.41, 5.74) is 7.81. The molecule has 0 radical (unpaired) electrons. The summed E-state index contributed by atoms with van der Waals surface area (Å²) in [5, 5.41) is 0.352. The molecule has 0 saturated carbocycles. The maximum Gasteiger partial charge on any atom is 0.124 e. The van der Waals surface area contributed by atoms with E-state index in [-0.39, 0.29) is 11.9 Å². The lowest BCUT2D eigenvalue weighted by molar-refractivity contribution is 0.624. The van der Waals surface area contributed by atoms with E-state index in [1.54, 1.807) is 18.5 Å². The number of hydrogen-bond donors (Lipinski definition) is 1. The van der Waals surface area contributed by atoms with Gasteiger partial charge in [0.05, 0.1) is 0 Å². The number of benzene rings is 1. The third-order valence-electron chi connectivity index (χ3n) is 2.58. The van der Waals surface area contributed by atoms with Crippen LogP contribution in [-0.2, 0) is 6.42 Å². The second kappa shape index (κ2) is 5.78. The average Bonchev–Trinajstić information content (AvgIpc) is 2.28. The number of hydrogen-bond acceptors (Lipinski definition) is 2. The first-order chi connectivity index (χ1) is 8.56. The van der Waals surface area contributed by atoms with Crippen molar-refractivity contribution in [2.24, 2.45) is 5.73 Å². The van der Waals surface area contributed by atoms with Gasteiger partial charge < -0.3 is 5.73 Å². The van der Waals surface area contributed by atoms with Gasteiger partial charge >= 0.3 is 0 Å². The average molecular weight is 330 g/mol. The van der Waals surface area contributed by atoms with E-state index in [0.29, 0.717) is 11.4 Å². The van der Waals surface area contributed by atoms with Gasteiger partial charge in [-0.15, -0.1) is 0 Å². The summed E-state index contributed by atoms with van der Waals surface area (Å²) in [6.45, 7) is 0. The van der Waals surface area contributed by atoms with E-state index in [4.69, 9.17) is 17.3 Å². The molecule has 2 nitrogen and oxygen atoms in total. The highest BCUT2D eigenvalue weighted by Crippen LogP contribution is 2.25. The van der Waals surface area contributed by atoms with Gasteiger partial charge in [-0.05, 0) is 51.7 Å². The lowest BCUT2D eigenvalue weighted by Crippen LogP contribution is -2.14. The van der Waals surface area contributed by atoms with E-state index in [9.17, 15) is 4.39 Å². The summed E-state index contributed by atoms with van der Waals surface area (Å²) in [4.78, 5) is 4.07. The Morgan fingerprint density at radius 1 is 1.33 bits per heavy atom. The minimum Gasteiger partial charge on any atom is -0.324 e. The zero-order chi connectivity index (χ0) is 13.1. The van der Waals surface area contributed by atoms with Gasteiger partial charge in [0, 0.05) is 27.9 Å². The normalized spacial score (nSPS) is 12.4. The molecule has 2 rings (SSSR count). The third-order valence-corrected chi connectivity index (χ3v) is 3.34.